The number of epoxide rings is 1. The lowest BCUT2D eigenvalue weighted by molar-refractivity contribution is -0.147. The topological polar surface area (TPSA) is 317 Å². The van der Waals surface area contributed by atoms with Crippen molar-refractivity contribution in [3.63, 3.8) is 0 Å². The van der Waals surface area contributed by atoms with Gasteiger partial charge in [0, 0.05) is 55.1 Å². The Morgan fingerprint density at radius 3 is 2.32 bits per heavy atom. The van der Waals surface area contributed by atoms with Crippen LogP contribution in [0.2, 0.25) is 5.02 Å². The maximum atomic E-state index is 14.4. The molecule has 2 fully saturated rings. The van der Waals surface area contributed by atoms with Crippen LogP contribution in [0.4, 0.5) is 31.4 Å². The van der Waals surface area contributed by atoms with Crippen LogP contribution in [0.3, 0.4) is 0 Å². The van der Waals surface area contributed by atoms with Gasteiger partial charge in [-0.25, -0.2) is 14.4 Å². The first kappa shape index (κ1) is 67.0. The largest absolute Gasteiger partial charge is 0.495 e. The van der Waals surface area contributed by atoms with Crippen molar-refractivity contribution in [1.82, 2.24) is 21.3 Å². The van der Waals surface area contributed by atoms with E-state index in [-0.39, 0.29) is 66.6 Å². The molecule has 0 radical (unpaired) electrons. The third kappa shape index (κ3) is 18.6. The molecule has 5 rings (SSSR count). The number of methoxy groups -OCH3 is 2. The van der Waals surface area contributed by atoms with E-state index < -0.39 is 102 Å². The van der Waals surface area contributed by atoms with Gasteiger partial charge in [0.25, 0.3) is 0 Å². The number of allylic oxidation sites excluding steroid dienone is 3. The van der Waals surface area contributed by atoms with Crippen LogP contribution in [-0.4, -0.2) is 152 Å². The molecule has 2 aromatic rings. The Morgan fingerprint density at radius 1 is 1.01 bits per heavy atom. The van der Waals surface area contributed by atoms with Crippen LogP contribution in [0.1, 0.15) is 85.1 Å². The standard InChI is InChI=1S/C56H77Br2ClN8O15/c1-31(2)47(62-38(30-68)14-9-10-22-79-51(72)35(28-57)29-58)50(71)65-39(15-12-21-61-52(60)73)49(70)63-36-17-19-37(20-18-36)64-53(74)81-44-26-45(69)67(6)40-24-34(25-41(77-7)46(40)59)23-32(3)13-11-16-43(78-8)56(76)27-42(80-54(75)66-56)33(4)48-55(44,5)82-48/h11,13,16-20,24-25,30-31,33,35,38-39,42-44,47-48,62,76H,9-10,12,14-15,21-23,26-29H2,1-8H3,(H,63,70)(H,64,74)(H,65,71)(H,66,75)(H3,60,61,73)/b16-11+,32-13+/t33-,38?,39+,42+,43-,44+,47+,48+,55+,56+/m1/s1. The van der Waals surface area contributed by atoms with Crippen molar-refractivity contribution in [1.29, 1.82) is 0 Å². The lowest BCUT2D eigenvalue weighted by atomic mass is 9.83. The Morgan fingerprint density at radius 2 is 1.70 bits per heavy atom. The van der Waals surface area contributed by atoms with Crippen LogP contribution in [0.5, 0.6) is 5.75 Å². The van der Waals surface area contributed by atoms with E-state index in [1.54, 1.807) is 52.0 Å². The fourth-order valence-corrected chi connectivity index (χ4v) is 11.6. The van der Waals surface area contributed by atoms with Crippen LogP contribution in [0, 0.1) is 17.8 Å². The van der Waals surface area contributed by atoms with Gasteiger partial charge in [-0.3, -0.25) is 35.1 Å². The lowest BCUT2D eigenvalue weighted by Gasteiger charge is -2.42. The van der Waals surface area contributed by atoms with Crippen LogP contribution in [-0.2, 0) is 54.1 Å². The minimum atomic E-state index is -1.89. The molecule has 0 aromatic heterocycles. The van der Waals surface area contributed by atoms with Gasteiger partial charge in [0.15, 0.2) is 5.72 Å². The molecule has 7 amide bonds. The predicted octanol–water partition coefficient (Wildman–Crippen LogP) is 6.55. The molecule has 82 heavy (non-hydrogen) atoms. The number of benzene rings is 2. The number of anilines is 3. The monoisotopic (exact) mass is 1290 g/mol. The average molecular weight is 1300 g/mol. The first-order valence-electron chi connectivity index (χ1n) is 27.0. The highest BCUT2D eigenvalue weighted by Gasteiger charge is 2.64. The summed E-state index contributed by atoms with van der Waals surface area (Å²) in [4.78, 5) is 106. The van der Waals surface area contributed by atoms with Crippen LogP contribution < -0.4 is 47.3 Å². The second kappa shape index (κ2) is 31.2. The van der Waals surface area contributed by atoms with Gasteiger partial charge in [-0.2, -0.15) is 0 Å². The lowest BCUT2D eigenvalue weighted by Crippen LogP contribution is -2.63. The van der Waals surface area contributed by atoms with Gasteiger partial charge in [0.1, 0.15) is 47.0 Å². The molecule has 4 bridgehead atoms. The minimum Gasteiger partial charge on any atom is -0.495 e. The number of fused-ring (bicyclic) bond motifs is 5. The summed E-state index contributed by atoms with van der Waals surface area (Å²) in [6, 6.07) is 6.03. The third-order valence-electron chi connectivity index (χ3n) is 14.6. The summed E-state index contributed by atoms with van der Waals surface area (Å²) in [5.74, 6) is -2.92. The summed E-state index contributed by atoms with van der Waals surface area (Å²) in [6.07, 6.45) is 1.72. The second-order valence-corrected chi connectivity index (χ2v) is 22.9. The summed E-state index contributed by atoms with van der Waals surface area (Å²) in [6.45, 7) is 9.20. The van der Waals surface area contributed by atoms with E-state index in [0.717, 1.165) is 11.1 Å². The van der Waals surface area contributed by atoms with Gasteiger partial charge in [-0.1, -0.05) is 88.0 Å². The van der Waals surface area contributed by atoms with Gasteiger partial charge in [0.05, 0.1) is 49.9 Å². The van der Waals surface area contributed by atoms with E-state index in [9.17, 15) is 43.5 Å². The number of carbonyl (C=O) groups is 8. The Kier molecular flexibility index (Phi) is 25.5. The molecule has 2 aromatic carbocycles. The maximum absolute atomic E-state index is 14.4. The van der Waals surface area contributed by atoms with E-state index in [4.69, 9.17) is 45.8 Å². The molecule has 10 atom stereocenters. The summed E-state index contributed by atoms with van der Waals surface area (Å²) in [7, 11) is 4.41. The molecule has 0 spiro atoms. The number of alkyl halides is 2. The summed E-state index contributed by atoms with van der Waals surface area (Å²) in [5, 5.41) is 29.3. The number of hydrogen-bond acceptors (Lipinski definition) is 16. The van der Waals surface area contributed by atoms with E-state index in [1.807, 2.05) is 13.0 Å². The molecule has 0 aliphatic carbocycles. The fraction of sp³-hybridized carbons (Fsp3) is 0.571. The number of esters is 1. The first-order valence-corrected chi connectivity index (χ1v) is 29.6. The van der Waals surface area contributed by atoms with Gasteiger partial charge in [-0.05, 0) is 100 Å². The first-order chi connectivity index (χ1) is 38.9. The predicted molar refractivity (Wildman–Crippen MR) is 314 cm³/mol. The van der Waals surface area contributed by atoms with Crippen LogP contribution >= 0.6 is 43.5 Å². The van der Waals surface area contributed by atoms with Crippen LogP contribution in [0.15, 0.2) is 60.2 Å². The number of primary amides is 1. The molecular weight excluding hydrogens is 1220 g/mol. The smallest absolute Gasteiger partial charge is 0.412 e. The number of urea groups is 1. The van der Waals surface area contributed by atoms with Crippen LogP contribution in [0.25, 0.3) is 0 Å². The van der Waals surface area contributed by atoms with Gasteiger partial charge < -0.3 is 64.9 Å². The zero-order chi connectivity index (χ0) is 60.5. The molecule has 26 heteroatoms. The Labute approximate surface area is 499 Å². The number of unbranched alkanes of at least 4 members (excludes halogenated alkanes) is 1. The summed E-state index contributed by atoms with van der Waals surface area (Å²) in [5.41, 5.74) is 4.53. The normalized spacial score (nSPS) is 24.9. The van der Waals surface area contributed by atoms with Crippen molar-refractivity contribution in [2.45, 2.75) is 140 Å². The summed E-state index contributed by atoms with van der Waals surface area (Å²) < 4.78 is 34.7. The highest BCUT2D eigenvalue weighted by Crippen LogP contribution is 2.49. The molecule has 452 valence electrons. The van der Waals surface area contributed by atoms with Crippen molar-refractivity contribution >= 4 is 109 Å². The number of halogens is 3. The number of ether oxygens (including phenoxy) is 6. The maximum Gasteiger partial charge on any atom is 0.412 e. The van der Waals surface area contributed by atoms with E-state index in [0.29, 0.717) is 54.1 Å². The van der Waals surface area contributed by atoms with Gasteiger partial charge in [0.2, 0.25) is 17.7 Å². The molecule has 2 saturated heterocycles. The highest BCUT2D eigenvalue weighted by atomic mass is 79.9. The van der Waals surface area contributed by atoms with Crippen molar-refractivity contribution in [3.8, 4) is 5.75 Å². The van der Waals surface area contributed by atoms with E-state index >= 15 is 0 Å². The number of hydrogen-bond donors (Lipinski definition) is 8. The molecule has 3 heterocycles. The Hall–Kier alpha value is -5.83. The number of nitrogens with zero attached hydrogens (tertiary/aromatic N) is 1. The van der Waals surface area contributed by atoms with Crippen molar-refractivity contribution < 1.29 is 71.9 Å². The van der Waals surface area contributed by atoms with Gasteiger partial charge >= 0.3 is 24.2 Å². The number of nitrogens with two attached hydrogens (primary N) is 1. The average Bonchev–Trinajstić information content (AvgIpc) is 2.07. The molecule has 0 saturated carbocycles. The molecule has 1 unspecified atom stereocenters. The van der Waals surface area contributed by atoms with E-state index in [2.05, 4.69) is 63.8 Å². The number of amides is 7. The molecule has 3 aliphatic heterocycles. The fourth-order valence-electron chi connectivity index (χ4n) is 9.71. The number of alkyl carbamates (subject to hydrolysis) is 1. The number of carbonyl (C=O) groups excluding carboxylic acids is 8. The van der Waals surface area contributed by atoms with Gasteiger partial charge in [-0.15, -0.1) is 0 Å². The zero-order valence-electron chi connectivity index (χ0n) is 47.4. The molecular formula is C56H77Br2ClN8O15. The zero-order valence-corrected chi connectivity index (χ0v) is 51.3. The SMILES string of the molecule is COc1cc2cc(c1Cl)N(C)C(=O)C[C@H](OC(=O)Nc1ccc(NC(=O)[C@H](CCCNC(N)=O)NC(=O)[C@@H](NC(C=O)CCCCOC(=O)C(CBr)CBr)C(C)C)cc1)[C@]1(C)O[C@H]1[C@H](C)[C@@H]1C[C@@](O)(NC(=O)O1)[C@H](OC)/C=C/C=C(\C)C2. The highest BCUT2D eigenvalue weighted by molar-refractivity contribution is 9.09. The molecule has 3 aliphatic rings. The van der Waals surface area contributed by atoms with E-state index in [1.165, 1.54) is 50.4 Å². The number of nitrogens with one attached hydrogen (secondary N) is 6. The molecule has 23 nitrogen and oxygen atoms in total. The van der Waals surface area contributed by atoms with Crippen molar-refractivity contribution in [2.75, 3.05) is 60.6 Å². The number of rotatable bonds is 24. The Bertz CT molecular complexity index is 2650. The van der Waals surface area contributed by atoms with Crippen molar-refractivity contribution in [3.05, 3.63) is 70.8 Å². The Balaban J connectivity index is 1.31. The second-order valence-electron chi connectivity index (χ2n) is 21.2. The number of aldehydes is 1. The third-order valence-corrected chi connectivity index (χ3v) is 16.5. The minimum absolute atomic E-state index is 0.0821. The quantitative estimate of drug-likeness (QED) is 0.0138. The van der Waals surface area contributed by atoms with Crippen molar-refractivity contribution in [2.24, 2.45) is 23.5 Å². The number of aliphatic hydroxyl groups is 1. The molecule has 9 N–H and O–H groups in total. The summed E-state index contributed by atoms with van der Waals surface area (Å²) >= 11 is 13.4.